The Balaban J connectivity index is 2.53. The van der Waals surface area contributed by atoms with Gasteiger partial charge in [-0.05, 0) is 34.8 Å². The first-order valence-corrected chi connectivity index (χ1v) is 4.66. The van der Waals surface area contributed by atoms with E-state index in [0.29, 0.717) is 11.5 Å². The van der Waals surface area contributed by atoms with Crippen LogP contribution in [0.3, 0.4) is 0 Å². The molecular formula is C9H7BrN2. The van der Waals surface area contributed by atoms with Crippen LogP contribution in [-0.2, 0) is 0 Å². The van der Waals surface area contributed by atoms with Crippen molar-refractivity contribution < 1.29 is 0 Å². The number of nitrogens with zero attached hydrogens (tertiary/aromatic N) is 2. The molecule has 2 nitrogen and oxygen atoms in total. The molecule has 0 unspecified atom stereocenters. The highest BCUT2D eigenvalue weighted by Gasteiger charge is 2.28. The normalized spacial score (nSPS) is 15.7. The Hall–Kier alpha value is -0.880. The molecule has 1 aromatic rings. The highest BCUT2D eigenvalue weighted by molar-refractivity contribution is 9.10. The summed E-state index contributed by atoms with van der Waals surface area (Å²) >= 11 is 3.34. The van der Waals surface area contributed by atoms with Gasteiger partial charge >= 0.3 is 0 Å². The van der Waals surface area contributed by atoms with Crippen LogP contribution >= 0.6 is 15.9 Å². The Kier molecular flexibility index (Phi) is 1.86. The summed E-state index contributed by atoms with van der Waals surface area (Å²) in [6.45, 7) is 0. The quantitative estimate of drug-likeness (QED) is 0.733. The molecule has 1 aliphatic carbocycles. The molecule has 60 valence electrons. The van der Waals surface area contributed by atoms with Gasteiger partial charge in [0.15, 0.2) is 0 Å². The van der Waals surface area contributed by atoms with Crippen molar-refractivity contribution in [3.63, 3.8) is 0 Å². The van der Waals surface area contributed by atoms with Crippen LogP contribution in [0.15, 0.2) is 16.7 Å². The molecule has 0 amide bonds. The minimum atomic E-state index is 0.539. The summed E-state index contributed by atoms with van der Waals surface area (Å²) in [6, 6.07) is 3.99. The summed E-state index contributed by atoms with van der Waals surface area (Å²) in [5.74, 6) is 0.539. The van der Waals surface area contributed by atoms with Crippen molar-refractivity contribution in [2.45, 2.75) is 18.8 Å². The second-order valence-electron chi connectivity index (χ2n) is 2.94. The third-order valence-electron chi connectivity index (χ3n) is 2.01. The Bertz CT molecular complexity index is 350. The molecular weight excluding hydrogens is 216 g/mol. The van der Waals surface area contributed by atoms with Gasteiger partial charge in [0.2, 0.25) is 0 Å². The minimum absolute atomic E-state index is 0.539. The fraction of sp³-hybridized carbons (Fsp3) is 0.333. The van der Waals surface area contributed by atoms with E-state index in [1.54, 1.807) is 6.20 Å². The summed E-state index contributed by atoms with van der Waals surface area (Å²) in [5, 5.41) is 8.86. The fourth-order valence-electron chi connectivity index (χ4n) is 1.23. The van der Waals surface area contributed by atoms with Crippen molar-refractivity contribution >= 4 is 15.9 Å². The van der Waals surface area contributed by atoms with Crippen LogP contribution in [0.5, 0.6) is 0 Å². The van der Waals surface area contributed by atoms with E-state index in [1.165, 1.54) is 12.8 Å². The number of rotatable bonds is 1. The van der Waals surface area contributed by atoms with Gasteiger partial charge in [0.1, 0.15) is 6.07 Å². The summed E-state index contributed by atoms with van der Waals surface area (Å²) < 4.78 is 0.863. The number of nitriles is 1. The van der Waals surface area contributed by atoms with Crippen molar-refractivity contribution in [1.29, 1.82) is 5.26 Å². The monoisotopic (exact) mass is 222 g/mol. The Morgan fingerprint density at radius 2 is 2.33 bits per heavy atom. The summed E-state index contributed by atoms with van der Waals surface area (Å²) in [5.41, 5.74) is 1.67. The maximum absolute atomic E-state index is 8.86. The zero-order valence-electron chi connectivity index (χ0n) is 6.42. The van der Waals surface area contributed by atoms with Gasteiger partial charge < -0.3 is 0 Å². The van der Waals surface area contributed by atoms with Crippen molar-refractivity contribution in [1.82, 2.24) is 4.98 Å². The Morgan fingerprint density at radius 1 is 1.58 bits per heavy atom. The predicted molar refractivity (Wildman–Crippen MR) is 48.6 cm³/mol. The molecule has 1 aliphatic rings. The predicted octanol–water partition coefficient (Wildman–Crippen LogP) is 2.59. The first kappa shape index (κ1) is 7.75. The van der Waals surface area contributed by atoms with Crippen molar-refractivity contribution in [2.75, 3.05) is 0 Å². The fourth-order valence-corrected chi connectivity index (χ4v) is 1.64. The minimum Gasteiger partial charge on any atom is -0.260 e. The van der Waals surface area contributed by atoms with Crippen LogP contribution in [0.1, 0.15) is 30.0 Å². The molecule has 0 bridgehead atoms. The third-order valence-corrected chi connectivity index (χ3v) is 2.67. The van der Waals surface area contributed by atoms with Crippen molar-refractivity contribution in [2.24, 2.45) is 0 Å². The second-order valence-corrected chi connectivity index (χ2v) is 3.79. The van der Waals surface area contributed by atoms with Crippen LogP contribution in [0, 0.1) is 11.3 Å². The van der Waals surface area contributed by atoms with Gasteiger partial charge in [0.05, 0.1) is 11.3 Å². The van der Waals surface area contributed by atoms with E-state index in [0.717, 1.165) is 10.2 Å². The molecule has 0 saturated heterocycles. The lowest BCUT2D eigenvalue weighted by molar-refractivity contribution is 1.01. The van der Waals surface area contributed by atoms with E-state index < -0.39 is 0 Å². The van der Waals surface area contributed by atoms with Gasteiger partial charge in [-0.2, -0.15) is 5.26 Å². The molecule has 12 heavy (non-hydrogen) atoms. The zero-order valence-corrected chi connectivity index (χ0v) is 8.00. The first-order chi connectivity index (χ1) is 5.83. The topological polar surface area (TPSA) is 36.7 Å². The highest BCUT2D eigenvalue weighted by atomic mass is 79.9. The summed E-state index contributed by atoms with van der Waals surface area (Å²) in [6.07, 6.45) is 4.11. The van der Waals surface area contributed by atoms with Crippen LogP contribution in [0.4, 0.5) is 0 Å². The van der Waals surface area contributed by atoms with Gasteiger partial charge in [-0.3, -0.25) is 4.98 Å². The summed E-state index contributed by atoms with van der Waals surface area (Å²) in [7, 11) is 0. The number of hydrogen-bond acceptors (Lipinski definition) is 2. The molecule has 3 heteroatoms. The van der Waals surface area contributed by atoms with E-state index in [2.05, 4.69) is 27.0 Å². The van der Waals surface area contributed by atoms with Gasteiger partial charge in [-0.25, -0.2) is 0 Å². The largest absolute Gasteiger partial charge is 0.260 e. The Morgan fingerprint density at radius 3 is 2.92 bits per heavy atom. The molecule has 0 spiro atoms. The number of pyridine rings is 1. The molecule has 1 saturated carbocycles. The molecule has 1 heterocycles. The molecule has 1 fully saturated rings. The van der Waals surface area contributed by atoms with Gasteiger partial charge in [0.25, 0.3) is 0 Å². The maximum Gasteiger partial charge on any atom is 0.102 e. The molecule has 0 radical (unpaired) electrons. The lowest BCUT2D eigenvalue weighted by Crippen LogP contribution is -1.92. The van der Waals surface area contributed by atoms with E-state index in [4.69, 9.17) is 5.26 Å². The van der Waals surface area contributed by atoms with Crippen LogP contribution in [0.2, 0.25) is 0 Å². The zero-order chi connectivity index (χ0) is 8.55. The van der Waals surface area contributed by atoms with Crippen molar-refractivity contribution in [3.8, 4) is 6.07 Å². The van der Waals surface area contributed by atoms with E-state index >= 15 is 0 Å². The molecule has 2 rings (SSSR count). The van der Waals surface area contributed by atoms with Crippen LogP contribution < -0.4 is 0 Å². The molecule has 0 aromatic carbocycles. The average Bonchev–Trinajstić information content (AvgIpc) is 2.86. The second kappa shape index (κ2) is 2.87. The van der Waals surface area contributed by atoms with E-state index in [9.17, 15) is 0 Å². The molecule has 0 aliphatic heterocycles. The summed E-state index contributed by atoms with van der Waals surface area (Å²) in [4.78, 5) is 4.22. The van der Waals surface area contributed by atoms with Crippen LogP contribution in [0.25, 0.3) is 0 Å². The Labute approximate surface area is 79.4 Å². The van der Waals surface area contributed by atoms with Gasteiger partial charge in [-0.1, -0.05) is 0 Å². The SMILES string of the molecule is N#Cc1c(Br)ccnc1C1CC1. The standard InChI is InChI=1S/C9H7BrN2/c10-8-3-4-12-9(6-1-2-6)7(8)5-11/h3-4,6H,1-2H2. The third kappa shape index (κ3) is 1.23. The number of aromatic nitrogens is 1. The van der Waals surface area contributed by atoms with Crippen LogP contribution in [-0.4, -0.2) is 4.98 Å². The maximum atomic E-state index is 8.86. The average molecular weight is 223 g/mol. The van der Waals surface area contributed by atoms with Crippen molar-refractivity contribution in [3.05, 3.63) is 28.0 Å². The number of hydrogen-bond donors (Lipinski definition) is 0. The highest BCUT2D eigenvalue weighted by Crippen LogP contribution is 2.41. The van der Waals surface area contributed by atoms with E-state index in [1.807, 2.05) is 6.07 Å². The lowest BCUT2D eigenvalue weighted by atomic mass is 10.1. The van der Waals surface area contributed by atoms with Gasteiger partial charge in [-0.15, -0.1) is 0 Å². The lowest BCUT2D eigenvalue weighted by Gasteiger charge is -2.00. The smallest absolute Gasteiger partial charge is 0.102 e. The van der Waals surface area contributed by atoms with Gasteiger partial charge in [0, 0.05) is 16.6 Å². The molecule has 0 atom stereocenters. The van der Waals surface area contributed by atoms with E-state index in [-0.39, 0.29) is 0 Å². The molecule has 1 aromatic heterocycles. The first-order valence-electron chi connectivity index (χ1n) is 3.87. The number of halogens is 1. The molecule has 0 N–H and O–H groups in total.